The Balaban J connectivity index is 1.35. The van der Waals surface area contributed by atoms with Crippen molar-refractivity contribution in [3.05, 3.63) is 89.0 Å². The van der Waals surface area contributed by atoms with Crippen LogP contribution in [-0.4, -0.2) is 37.0 Å². The van der Waals surface area contributed by atoms with E-state index >= 15 is 0 Å². The summed E-state index contributed by atoms with van der Waals surface area (Å²) in [5, 5.41) is 5.87. The number of amides is 2. The third kappa shape index (κ3) is 6.48. The number of aliphatic imine (C=N–C) groups is 1. The lowest BCUT2D eigenvalue weighted by Gasteiger charge is -2.23. The average Bonchev–Trinajstić information content (AvgIpc) is 3.68. The molecule has 1 saturated carbocycles. The first-order chi connectivity index (χ1) is 18.7. The van der Waals surface area contributed by atoms with Crippen LogP contribution in [0.1, 0.15) is 66.7 Å². The Kier molecular flexibility index (Phi) is 7.42. The van der Waals surface area contributed by atoms with Crippen molar-refractivity contribution in [2.75, 3.05) is 13.7 Å². The highest BCUT2D eigenvalue weighted by atomic mass is 16.6. The highest BCUT2D eigenvalue weighted by Gasteiger charge is 2.32. The summed E-state index contributed by atoms with van der Waals surface area (Å²) in [5.74, 6) is 1.02. The fourth-order valence-electron chi connectivity index (χ4n) is 4.79. The van der Waals surface area contributed by atoms with Crippen molar-refractivity contribution in [2.24, 2.45) is 10.9 Å². The molecule has 39 heavy (non-hydrogen) atoms. The normalized spacial score (nSPS) is 15.1. The van der Waals surface area contributed by atoms with Crippen LogP contribution in [0.4, 0.5) is 4.79 Å². The molecule has 5 rings (SSSR count). The van der Waals surface area contributed by atoms with Gasteiger partial charge in [-0.15, -0.1) is 0 Å². The molecule has 1 aliphatic carbocycles. The van der Waals surface area contributed by atoms with E-state index in [-0.39, 0.29) is 12.5 Å². The molecule has 0 bridgehead atoms. The zero-order valence-corrected chi connectivity index (χ0v) is 22.9. The molecule has 3 aromatic rings. The molecule has 0 saturated heterocycles. The standard InChI is InChI=1S/C32H35N3O4/c1-32(2,3)39-31(37)34-19-28(23-8-6-10-26(16-23)38-4)35-30(36)24-9-5-7-21(15-24)22-13-14-25-18-33-29(20-11-12-20)27(25)17-22/h5-10,13-17,20,28H,11-12,18-19H2,1-4H3,(H,34,37)(H,35,36). The van der Waals surface area contributed by atoms with Crippen molar-refractivity contribution in [1.82, 2.24) is 10.6 Å². The lowest BCUT2D eigenvalue weighted by Crippen LogP contribution is -2.40. The highest BCUT2D eigenvalue weighted by Crippen LogP contribution is 2.38. The first kappa shape index (κ1) is 26.5. The van der Waals surface area contributed by atoms with Gasteiger partial charge in [0.15, 0.2) is 0 Å². The number of fused-ring (bicyclic) bond motifs is 1. The van der Waals surface area contributed by atoms with E-state index in [1.165, 1.54) is 29.7 Å². The minimum Gasteiger partial charge on any atom is -0.497 e. The molecule has 0 aromatic heterocycles. The van der Waals surface area contributed by atoms with Gasteiger partial charge < -0.3 is 20.1 Å². The number of hydrogen-bond donors (Lipinski definition) is 2. The second-order valence-corrected chi connectivity index (χ2v) is 11.1. The summed E-state index contributed by atoms with van der Waals surface area (Å²) in [6.45, 7) is 6.33. The first-order valence-corrected chi connectivity index (χ1v) is 13.4. The van der Waals surface area contributed by atoms with Crippen LogP contribution >= 0.6 is 0 Å². The molecule has 2 amide bonds. The minimum atomic E-state index is -0.623. The molecule has 1 unspecified atom stereocenters. The van der Waals surface area contributed by atoms with Crippen LogP contribution < -0.4 is 15.4 Å². The van der Waals surface area contributed by atoms with Gasteiger partial charge in [-0.05, 0) is 86.2 Å². The van der Waals surface area contributed by atoms with Gasteiger partial charge in [-0.3, -0.25) is 9.79 Å². The summed E-state index contributed by atoms with van der Waals surface area (Å²) >= 11 is 0. The third-order valence-electron chi connectivity index (χ3n) is 6.88. The van der Waals surface area contributed by atoms with Crippen molar-refractivity contribution in [1.29, 1.82) is 0 Å². The van der Waals surface area contributed by atoms with Gasteiger partial charge in [0, 0.05) is 29.3 Å². The SMILES string of the molecule is COc1cccc(C(CNC(=O)OC(C)(C)C)NC(=O)c2cccc(-c3ccc4c(c3)C(C3CC3)=NC4)c2)c1. The van der Waals surface area contributed by atoms with Gasteiger partial charge in [0.2, 0.25) is 0 Å². The van der Waals surface area contributed by atoms with Crippen LogP contribution in [-0.2, 0) is 11.3 Å². The van der Waals surface area contributed by atoms with Gasteiger partial charge in [0.25, 0.3) is 5.91 Å². The number of methoxy groups -OCH3 is 1. The van der Waals surface area contributed by atoms with Crippen molar-refractivity contribution in [3.63, 3.8) is 0 Å². The van der Waals surface area contributed by atoms with Crippen molar-refractivity contribution >= 4 is 17.7 Å². The van der Waals surface area contributed by atoms with Crippen molar-refractivity contribution in [3.8, 4) is 16.9 Å². The summed E-state index contributed by atoms with van der Waals surface area (Å²) in [7, 11) is 1.59. The van der Waals surface area contributed by atoms with E-state index in [2.05, 4.69) is 28.8 Å². The Bertz CT molecular complexity index is 1420. The van der Waals surface area contributed by atoms with Gasteiger partial charge in [0.05, 0.1) is 19.7 Å². The predicted octanol–water partition coefficient (Wildman–Crippen LogP) is 6.07. The Hall–Kier alpha value is -4.13. The summed E-state index contributed by atoms with van der Waals surface area (Å²) in [6, 6.07) is 21.0. The maximum absolute atomic E-state index is 13.5. The summed E-state index contributed by atoms with van der Waals surface area (Å²) in [5.41, 5.74) is 6.51. The number of hydrogen-bond acceptors (Lipinski definition) is 5. The Morgan fingerprint density at radius 2 is 1.77 bits per heavy atom. The van der Waals surface area contributed by atoms with Crippen LogP contribution in [0, 0.1) is 5.92 Å². The lowest BCUT2D eigenvalue weighted by atomic mass is 9.95. The average molecular weight is 526 g/mol. The number of alkyl carbamates (subject to hydrolysis) is 1. The van der Waals surface area contributed by atoms with Gasteiger partial charge >= 0.3 is 6.09 Å². The second kappa shape index (κ2) is 10.9. The Labute approximate surface area is 229 Å². The number of benzene rings is 3. The number of nitrogens with one attached hydrogen (secondary N) is 2. The van der Waals surface area contributed by atoms with E-state index < -0.39 is 17.7 Å². The molecular formula is C32H35N3O4. The molecule has 0 spiro atoms. The second-order valence-electron chi connectivity index (χ2n) is 11.1. The number of nitrogens with zero attached hydrogens (tertiary/aromatic N) is 1. The summed E-state index contributed by atoms with van der Waals surface area (Å²) in [4.78, 5) is 30.6. The molecule has 7 nitrogen and oxygen atoms in total. The first-order valence-electron chi connectivity index (χ1n) is 13.4. The molecule has 2 N–H and O–H groups in total. The number of carbonyl (C=O) groups excluding carboxylic acids is 2. The van der Waals surface area contributed by atoms with E-state index in [4.69, 9.17) is 14.5 Å². The molecular weight excluding hydrogens is 490 g/mol. The van der Waals surface area contributed by atoms with Crippen molar-refractivity contribution < 1.29 is 19.1 Å². The van der Waals surface area contributed by atoms with Gasteiger partial charge in [-0.25, -0.2) is 4.79 Å². The predicted molar refractivity (Wildman–Crippen MR) is 152 cm³/mol. The van der Waals surface area contributed by atoms with E-state index in [0.29, 0.717) is 17.2 Å². The monoisotopic (exact) mass is 525 g/mol. The molecule has 2 aliphatic rings. The van der Waals surface area contributed by atoms with Gasteiger partial charge in [-0.1, -0.05) is 36.4 Å². The molecule has 0 radical (unpaired) electrons. The molecule has 7 heteroatoms. The van der Waals surface area contributed by atoms with Gasteiger partial charge in [0.1, 0.15) is 11.4 Å². The van der Waals surface area contributed by atoms with Crippen LogP contribution in [0.5, 0.6) is 5.75 Å². The van der Waals surface area contributed by atoms with Crippen LogP contribution in [0.25, 0.3) is 11.1 Å². The highest BCUT2D eigenvalue weighted by molar-refractivity contribution is 6.07. The summed E-state index contributed by atoms with van der Waals surface area (Å²) < 4.78 is 10.8. The molecule has 1 fully saturated rings. The largest absolute Gasteiger partial charge is 0.497 e. The third-order valence-corrected chi connectivity index (χ3v) is 6.88. The maximum atomic E-state index is 13.5. The maximum Gasteiger partial charge on any atom is 0.407 e. The fraction of sp³-hybridized carbons (Fsp3) is 0.344. The Morgan fingerprint density at radius 1 is 1.00 bits per heavy atom. The van der Waals surface area contributed by atoms with Crippen LogP contribution in [0.3, 0.4) is 0 Å². The number of rotatable bonds is 8. The van der Waals surface area contributed by atoms with E-state index in [1.807, 2.05) is 42.5 Å². The molecule has 1 heterocycles. The van der Waals surface area contributed by atoms with E-state index in [1.54, 1.807) is 33.9 Å². The number of ether oxygens (including phenoxy) is 2. The van der Waals surface area contributed by atoms with Crippen LogP contribution in [0.15, 0.2) is 71.7 Å². The van der Waals surface area contributed by atoms with Crippen molar-refractivity contribution in [2.45, 2.75) is 51.8 Å². The van der Waals surface area contributed by atoms with Gasteiger partial charge in [-0.2, -0.15) is 0 Å². The molecule has 202 valence electrons. The lowest BCUT2D eigenvalue weighted by molar-refractivity contribution is 0.0520. The molecule has 1 aliphatic heterocycles. The fourth-order valence-corrected chi connectivity index (χ4v) is 4.79. The van der Waals surface area contributed by atoms with E-state index in [9.17, 15) is 9.59 Å². The quantitative estimate of drug-likeness (QED) is 0.374. The van der Waals surface area contributed by atoms with Crippen LogP contribution in [0.2, 0.25) is 0 Å². The molecule has 1 atom stereocenters. The zero-order valence-electron chi connectivity index (χ0n) is 22.9. The minimum absolute atomic E-state index is 0.154. The smallest absolute Gasteiger partial charge is 0.407 e. The summed E-state index contributed by atoms with van der Waals surface area (Å²) in [6.07, 6.45) is 1.89. The zero-order chi connectivity index (χ0) is 27.6. The Morgan fingerprint density at radius 3 is 2.51 bits per heavy atom. The number of carbonyl (C=O) groups is 2. The van der Waals surface area contributed by atoms with E-state index in [0.717, 1.165) is 23.2 Å². The topological polar surface area (TPSA) is 89.0 Å². The molecule has 3 aromatic carbocycles.